The van der Waals surface area contributed by atoms with Gasteiger partial charge in [0.05, 0.1) is 24.9 Å². The van der Waals surface area contributed by atoms with Gasteiger partial charge < -0.3 is 13.9 Å². The van der Waals surface area contributed by atoms with Crippen molar-refractivity contribution < 1.29 is 86.6 Å². The molecule has 0 radical (unpaired) electrons. The minimum absolute atomic E-state index is 0. The van der Waals surface area contributed by atoms with E-state index in [0.717, 1.165) is 37.5 Å². The van der Waals surface area contributed by atoms with Crippen LogP contribution >= 0.6 is 0 Å². The fraction of sp³-hybridized carbons (Fsp3) is 0.349. The first-order valence-corrected chi connectivity index (χ1v) is 28.5. The third-order valence-corrected chi connectivity index (χ3v) is 16.1. The molecular weight excluding hydrogens is 1260 g/mol. The molecule has 13 rings (SSSR count). The van der Waals surface area contributed by atoms with Crippen molar-refractivity contribution in [3.8, 4) is 62.1 Å². The summed E-state index contributed by atoms with van der Waals surface area (Å²) >= 11 is 0. The van der Waals surface area contributed by atoms with Gasteiger partial charge in [0.1, 0.15) is 5.82 Å². The molecule has 0 spiro atoms. The molecule has 0 fully saturated rings. The van der Waals surface area contributed by atoms with Gasteiger partial charge in [-0.05, 0) is 178 Å². The summed E-state index contributed by atoms with van der Waals surface area (Å²) in [6, 6.07) is 25.5. The minimum Gasteiger partial charge on any atom is -0.510 e. The summed E-state index contributed by atoms with van der Waals surface area (Å²) in [6.07, 6.45) is -15.0. The van der Waals surface area contributed by atoms with Crippen LogP contribution in [-0.2, 0) is 59.0 Å². The molecule has 6 heteroatoms. The Morgan fingerprint density at radius 2 is 1.12 bits per heavy atom. The average molecular weight is 1390 g/mol. The molecule has 0 N–H and O–H groups in total. The standard InChI is InChI=1S/C83H88N4O.Pt/c1-52-40-65(54-26-31-67-69(44-54)82(15,16)37-35-80(67,11)12)76(66(41-52)55-27-32-68-70(45-55)83(17,18)38-36-81(68,13)14)86-51-85(74-46-53(28-33-72(74)86)56-42-58(78(5,6)7)47-59(43-56)79(8,9)10)60-22-21-23-61(49-60)88-62-29-30-64-63-24-19-20-25-71(63)87(73(64)50-62)75-48-57(34-39-84-75)77(2,3)4;/h19-34,39-48H,35-38H2,1-18H3;/q-2;/i1D3,11D3,12D3,13D3,14D3,15D3,16D3,17D3,18D3,26D,27D,31D,32D,35D2,36D2,37D2,38D2,44D,45D;. The molecule has 0 aliphatic heterocycles. The number of para-hydroxylation sites is 1. The van der Waals surface area contributed by atoms with Gasteiger partial charge >= 0.3 is 0 Å². The fourth-order valence-corrected chi connectivity index (χ4v) is 11.3. The molecule has 0 atom stereocenters. The molecular formula is C83H88N4OPt-2. The van der Waals surface area contributed by atoms with Gasteiger partial charge in [0.15, 0.2) is 0 Å². The molecule has 3 heterocycles. The monoisotopic (exact) mass is 1390 g/mol. The van der Waals surface area contributed by atoms with Crippen LogP contribution in [0.3, 0.4) is 0 Å². The Bertz CT molecular complexity index is 6160. The Morgan fingerprint density at radius 3 is 1.71 bits per heavy atom. The van der Waals surface area contributed by atoms with Crippen LogP contribution in [-0.4, -0.2) is 14.1 Å². The number of aryl methyl sites for hydroxylation is 1. The van der Waals surface area contributed by atoms with E-state index in [1.54, 1.807) is 24.4 Å². The predicted molar refractivity (Wildman–Crippen MR) is 368 cm³/mol. The van der Waals surface area contributed by atoms with E-state index in [9.17, 15) is 39.8 Å². The number of benzene rings is 8. The van der Waals surface area contributed by atoms with Crippen LogP contribution in [0, 0.1) is 25.3 Å². The Morgan fingerprint density at radius 1 is 0.539 bits per heavy atom. The summed E-state index contributed by atoms with van der Waals surface area (Å²) in [5.74, 6) is 0.507. The number of hydrogen-bond donors (Lipinski definition) is 0. The predicted octanol–water partition coefficient (Wildman–Crippen LogP) is 21.5. The van der Waals surface area contributed by atoms with E-state index in [0.29, 0.717) is 34.6 Å². The quantitative estimate of drug-likeness (QED) is 0.112. The number of pyridine rings is 1. The first-order chi connectivity index (χ1) is 58.2. The zero-order valence-corrected chi connectivity index (χ0v) is 52.3. The zero-order valence-electron chi connectivity index (χ0n) is 91.1. The van der Waals surface area contributed by atoms with Crippen molar-refractivity contribution in [3.05, 3.63) is 221 Å². The van der Waals surface area contributed by atoms with Crippen LogP contribution < -0.4 is 9.30 Å². The number of aromatic nitrogens is 4. The zero-order chi connectivity index (χ0) is 97.3. The van der Waals surface area contributed by atoms with Crippen molar-refractivity contribution >= 4 is 32.8 Å². The van der Waals surface area contributed by atoms with E-state index >= 15 is 0 Å². The molecule has 8 aromatic carbocycles. The number of ether oxygens (including phenoxy) is 1. The molecule has 0 unspecified atom stereocenters. The first-order valence-electron chi connectivity index (χ1n) is 49.0. The summed E-state index contributed by atoms with van der Waals surface area (Å²) in [5.41, 5.74) is -32.8. The van der Waals surface area contributed by atoms with Crippen LogP contribution in [0.2, 0.25) is 0 Å². The second-order valence-corrected chi connectivity index (χ2v) is 25.8. The Labute approximate surface area is 602 Å². The molecule has 89 heavy (non-hydrogen) atoms. The summed E-state index contributed by atoms with van der Waals surface area (Å²) in [5, 5.41) is 1.54. The van der Waals surface area contributed by atoms with Gasteiger partial charge in [-0.1, -0.05) is 225 Å². The van der Waals surface area contributed by atoms with Crippen molar-refractivity contribution in [2.24, 2.45) is 0 Å². The molecule has 0 saturated carbocycles. The van der Waals surface area contributed by atoms with Gasteiger partial charge in [-0.15, -0.1) is 29.7 Å². The maximum atomic E-state index is 10.7. The number of rotatable bonds is 8. The maximum absolute atomic E-state index is 10.7. The van der Waals surface area contributed by atoms with Gasteiger partial charge in [-0.2, -0.15) is 18.2 Å². The van der Waals surface area contributed by atoms with E-state index in [1.807, 2.05) is 121 Å². The van der Waals surface area contributed by atoms with Crippen LogP contribution in [0.4, 0.5) is 0 Å². The van der Waals surface area contributed by atoms with Gasteiger partial charge in [-0.25, -0.2) is 4.98 Å². The molecule has 0 saturated heterocycles. The third kappa shape index (κ3) is 11.1. The molecule has 0 amide bonds. The average Bonchev–Trinajstić information content (AvgIpc) is 0.657. The van der Waals surface area contributed by atoms with Gasteiger partial charge in [0.2, 0.25) is 0 Å². The Balaban J connectivity index is 0.0000153. The number of fused-ring (bicyclic) bond motifs is 6. The van der Waals surface area contributed by atoms with Crippen LogP contribution in [0.25, 0.3) is 83.4 Å². The van der Waals surface area contributed by atoms with E-state index < -0.39 is 212 Å². The molecule has 3 aromatic heterocycles. The van der Waals surface area contributed by atoms with E-state index in [2.05, 4.69) is 18.5 Å². The Hall–Kier alpha value is -7.33. The molecule has 2 aliphatic carbocycles. The van der Waals surface area contributed by atoms with Crippen molar-refractivity contribution in [2.75, 3.05) is 0 Å². The fourth-order valence-electron chi connectivity index (χ4n) is 11.3. The van der Waals surface area contributed by atoms with Crippen LogP contribution in [0.1, 0.15) is 243 Å². The summed E-state index contributed by atoms with van der Waals surface area (Å²) in [6.45, 7) is -23.3. The van der Waals surface area contributed by atoms with Gasteiger partial charge in [0.25, 0.3) is 6.33 Å². The Kier molecular flexibility index (Phi) is 7.25. The number of imidazole rings is 1. The smallest absolute Gasteiger partial charge is 0.268 e. The molecule has 5 nitrogen and oxygen atoms in total. The van der Waals surface area contributed by atoms with E-state index in [-0.39, 0.29) is 54.7 Å². The first kappa shape index (κ1) is 29.7. The van der Waals surface area contributed by atoms with Crippen molar-refractivity contribution in [3.63, 3.8) is 0 Å². The molecule has 458 valence electrons. The van der Waals surface area contributed by atoms with E-state index in [1.165, 1.54) is 34.9 Å². The maximum Gasteiger partial charge on any atom is 0.268 e. The summed E-state index contributed by atoms with van der Waals surface area (Å²) in [4.78, 5) is 4.79. The molecule has 0 bridgehead atoms. The van der Waals surface area contributed by atoms with Gasteiger partial charge in [0, 0.05) is 92.3 Å². The largest absolute Gasteiger partial charge is 0.510 e. The van der Waals surface area contributed by atoms with Crippen molar-refractivity contribution in [2.45, 2.75) is 187 Å². The number of hydrogen-bond acceptors (Lipinski definition) is 2. The summed E-state index contributed by atoms with van der Waals surface area (Å²) in [7, 11) is 0. The second kappa shape index (κ2) is 21.7. The number of nitrogens with zero attached hydrogens (tertiary/aromatic N) is 4. The van der Waals surface area contributed by atoms with Gasteiger partial charge in [-0.3, -0.25) is 4.57 Å². The van der Waals surface area contributed by atoms with E-state index in [4.69, 9.17) is 26.2 Å². The summed E-state index contributed by atoms with van der Waals surface area (Å²) < 4.78 is 398. The molecule has 11 aromatic rings. The third-order valence-electron chi connectivity index (χ3n) is 16.1. The SMILES string of the molecule is [2H]c1c([2H])c2c(c([2H])c1-c1cc(C([2H])([2H])[2H])cc(-c3c([2H])c([2H])c4c(c3[2H])C(C([2H])([2H])[2H])(C([2H])([2H])[2H])C([2H])([2H])C([2H])([2H])C4(C([2H])([2H])[2H])C([2H])([2H])[2H])c1-[n+]1[c-]n(-c3[c-]c(Oc4[c-]c5c(cc4)c4ccccc4n5-c4cc(C(C)(C)C)ccn4)ccc3)c3cc(-c4cc(C(C)(C)C)cc(C(C)(C)C)c4)ccc31)C(C([2H])([2H])[2H])(C([2H])([2H])[2H])C([2H])([2H])C([2H])([2H])C2(C([2H])([2H])[2H])C([2H])([2H])[2H].[Pt]. The molecule has 2 aliphatic rings. The second-order valence-electron chi connectivity index (χ2n) is 25.8. The minimum atomic E-state index is -4.99. The van der Waals surface area contributed by atoms with Crippen LogP contribution in [0.5, 0.6) is 11.5 Å². The normalized spacial score (nSPS) is 26.4. The topological polar surface area (TPSA) is 35.9 Å². The van der Waals surface area contributed by atoms with Crippen molar-refractivity contribution in [1.29, 1.82) is 0 Å². The van der Waals surface area contributed by atoms with Crippen LogP contribution in [0.15, 0.2) is 158 Å². The van der Waals surface area contributed by atoms with Crippen molar-refractivity contribution in [1.82, 2.24) is 14.1 Å².